The van der Waals surface area contributed by atoms with E-state index in [1.807, 2.05) is 6.92 Å². The van der Waals surface area contributed by atoms with Crippen molar-refractivity contribution in [1.82, 2.24) is 15.3 Å². The van der Waals surface area contributed by atoms with Gasteiger partial charge in [0.05, 0.1) is 34.2 Å². The fourth-order valence-corrected chi connectivity index (χ4v) is 5.33. The number of sulfonamides is 1. The number of methoxy groups -OCH3 is 1. The van der Waals surface area contributed by atoms with Crippen molar-refractivity contribution in [2.45, 2.75) is 37.5 Å². The Labute approximate surface area is 214 Å². The molecule has 11 nitrogen and oxygen atoms in total. The first-order valence-electron chi connectivity index (χ1n) is 11.3. The third-order valence-corrected chi connectivity index (χ3v) is 7.93. The average molecular weight is 535 g/mol. The Morgan fingerprint density at radius 3 is 2.83 bits per heavy atom. The Morgan fingerprint density at radius 2 is 2.17 bits per heavy atom. The van der Waals surface area contributed by atoms with Crippen molar-refractivity contribution in [1.29, 1.82) is 0 Å². The minimum atomic E-state index is -3.42. The van der Waals surface area contributed by atoms with Gasteiger partial charge in [0.2, 0.25) is 15.9 Å². The normalized spacial score (nSPS) is 15.0. The van der Waals surface area contributed by atoms with Crippen molar-refractivity contribution in [3.63, 3.8) is 0 Å². The zero-order valence-corrected chi connectivity index (χ0v) is 22.1. The number of rotatable bonds is 14. The minimum absolute atomic E-state index is 0.220. The molecule has 194 valence electrons. The number of nitrogens with zero attached hydrogens (tertiary/aromatic N) is 4. The first kappa shape index (κ1) is 27.4. The van der Waals surface area contributed by atoms with Gasteiger partial charge < -0.3 is 14.8 Å². The monoisotopic (exact) mass is 534 g/mol. The van der Waals surface area contributed by atoms with Crippen molar-refractivity contribution in [2.75, 3.05) is 32.1 Å². The summed E-state index contributed by atoms with van der Waals surface area (Å²) in [5.74, 6) is -0.177. The second-order valence-electron chi connectivity index (χ2n) is 7.86. The third-order valence-electron chi connectivity index (χ3n) is 5.04. The molecule has 3 rings (SSSR count). The van der Waals surface area contributed by atoms with Crippen LogP contribution in [0.5, 0.6) is 0 Å². The van der Waals surface area contributed by atoms with Crippen LogP contribution in [0.4, 0.5) is 5.69 Å². The molecule has 2 aromatic rings. The van der Waals surface area contributed by atoms with Crippen LogP contribution in [-0.4, -0.2) is 68.8 Å². The molecular formula is C23H30N6O5S2. The highest BCUT2D eigenvalue weighted by molar-refractivity contribution is 7.93. The van der Waals surface area contributed by atoms with E-state index in [4.69, 9.17) is 9.47 Å². The van der Waals surface area contributed by atoms with E-state index >= 15 is 0 Å². The van der Waals surface area contributed by atoms with Gasteiger partial charge in [0.15, 0.2) is 5.01 Å². The molecule has 0 aliphatic heterocycles. The summed E-state index contributed by atoms with van der Waals surface area (Å²) in [5, 5.41) is 2.80. The van der Waals surface area contributed by atoms with E-state index in [-0.39, 0.29) is 16.1 Å². The van der Waals surface area contributed by atoms with Crippen molar-refractivity contribution in [3.8, 4) is 0 Å². The number of hydrogen-bond acceptors (Lipinski definition) is 10. The molecule has 2 N–H and O–H groups in total. The van der Waals surface area contributed by atoms with Crippen LogP contribution in [0.2, 0.25) is 0 Å². The quantitative estimate of drug-likeness (QED) is 0.280. The molecule has 0 saturated heterocycles. The van der Waals surface area contributed by atoms with E-state index in [2.05, 4.69) is 36.6 Å². The van der Waals surface area contributed by atoms with Gasteiger partial charge in [-0.2, -0.15) is 0 Å². The maximum absolute atomic E-state index is 13.1. The zero-order chi connectivity index (χ0) is 26.1. The second kappa shape index (κ2) is 12.7. The highest BCUT2D eigenvalue weighted by Crippen LogP contribution is 2.30. The maximum Gasteiger partial charge on any atom is 0.280 e. The van der Waals surface area contributed by atoms with Gasteiger partial charge in [-0.05, 0) is 44.9 Å². The van der Waals surface area contributed by atoms with Crippen LogP contribution in [0.15, 0.2) is 47.0 Å². The Kier molecular flexibility index (Phi) is 9.67. The fourth-order valence-electron chi connectivity index (χ4n) is 3.18. The van der Waals surface area contributed by atoms with Crippen LogP contribution in [0.25, 0.3) is 0 Å². The summed E-state index contributed by atoms with van der Waals surface area (Å²) >= 11 is 1.15. The molecule has 2 aromatic heterocycles. The lowest BCUT2D eigenvalue weighted by Crippen LogP contribution is -2.30. The highest BCUT2D eigenvalue weighted by Gasteiger charge is 2.35. The zero-order valence-electron chi connectivity index (χ0n) is 20.4. The molecule has 13 heteroatoms. The number of thiazole rings is 1. The minimum Gasteiger partial charge on any atom is -0.478 e. The van der Waals surface area contributed by atoms with E-state index in [0.717, 1.165) is 11.3 Å². The van der Waals surface area contributed by atoms with Crippen molar-refractivity contribution < 1.29 is 22.7 Å². The average Bonchev–Trinajstić information content (AvgIpc) is 3.59. The molecule has 1 amide bonds. The SMILES string of the molecule is C=C(N=C(C=NC)c1cnc(C(=O)NC(CCOC)c2cc(NS(=O)(=O)C3CC3)ccn2)s1)OCC. The number of pyridine rings is 1. The summed E-state index contributed by atoms with van der Waals surface area (Å²) in [6.07, 6.45) is 6.33. The summed E-state index contributed by atoms with van der Waals surface area (Å²) < 4.78 is 37.7. The van der Waals surface area contributed by atoms with Gasteiger partial charge in [-0.15, -0.1) is 11.3 Å². The molecule has 0 radical (unpaired) electrons. The molecule has 0 aromatic carbocycles. The molecule has 1 unspecified atom stereocenters. The molecular weight excluding hydrogens is 504 g/mol. The van der Waals surface area contributed by atoms with Gasteiger partial charge in [-0.25, -0.2) is 18.4 Å². The van der Waals surface area contributed by atoms with Crippen LogP contribution >= 0.6 is 11.3 Å². The number of hydrogen-bond donors (Lipinski definition) is 2. The third kappa shape index (κ3) is 7.67. The lowest BCUT2D eigenvalue weighted by atomic mass is 10.1. The standard InChI is InChI=1S/C23H30N6O5S2/c1-5-34-15(2)27-20(13-24-3)21-14-26-23(35-21)22(30)28-18(9-11-33-4)19-12-16(8-10-25-19)29-36(31,32)17-6-7-17/h8,10,12-14,17-18H,2,5-7,9,11H2,1,3-4H3,(H,25,29)(H,28,30). The molecule has 1 saturated carbocycles. The van der Waals surface area contributed by atoms with Gasteiger partial charge in [-0.3, -0.25) is 19.5 Å². The summed E-state index contributed by atoms with van der Waals surface area (Å²) in [6, 6.07) is 2.67. The number of nitrogens with one attached hydrogen (secondary N) is 2. The summed E-state index contributed by atoms with van der Waals surface area (Å²) in [6.45, 7) is 6.36. The fraction of sp³-hybridized carbons (Fsp3) is 0.435. The Bertz CT molecular complexity index is 1240. The van der Waals surface area contributed by atoms with Crippen LogP contribution in [-0.2, 0) is 19.5 Å². The molecule has 1 atom stereocenters. The predicted octanol–water partition coefficient (Wildman–Crippen LogP) is 2.95. The van der Waals surface area contributed by atoms with Gasteiger partial charge in [0, 0.05) is 39.4 Å². The summed E-state index contributed by atoms with van der Waals surface area (Å²) in [7, 11) is -0.251. The van der Waals surface area contributed by atoms with Crippen molar-refractivity contribution >= 4 is 44.9 Å². The Balaban J connectivity index is 1.78. The molecule has 0 spiro atoms. The van der Waals surface area contributed by atoms with Crippen molar-refractivity contribution in [3.05, 3.63) is 52.6 Å². The first-order chi connectivity index (χ1) is 17.3. The topological polar surface area (TPSA) is 144 Å². The van der Waals surface area contributed by atoms with Gasteiger partial charge >= 0.3 is 0 Å². The van der Waals surface area contributed by atoms with Gasteiger partial charge in [0.1, 0.15) is 5.71 Å². The van der Waals surface area contributed by atoms with E-state index in [0.29, 0.717) is 54.4 Å². The lowest BCUT2D eigenvalue weighted by molar-refractivity contribution is 0.0923. The number of aliphatic imine (C=N–C) groups is 2. The molecule has 1 aliphatic carbocycles. The Hall–Kier alpha value is -3.16. The van der Waals surface area contributed by atoms with Crippen LogP contribution in [0.3, 0.4) is 0 Å². The Morgan fingerprint density at radius 1 is 1.39 bits per heavy atom. The van der Waals surface area contributed by atoms with E-state index < -0.39 is 22.0 Å². The molecule has 36 heavy (non-hydrogen) atoms. The molecule has 1 fully saturated rings. The number of carbonyl (C=O) groups is 1. The van der Waals surface area contributed by atoms with Crippen molar-refractivity contribution in [2.24, 2.45) is 9.98 Å². The summed E-state index contributed by atoms with van der Waals surface area (Å²) in [5.41, 5.74) is 1.37. The van der Waals surface area contributed by atoms with E-state index in [9.17, 15) is 13.2 Å². The highest BCUT2D eigenvalue weighted by atomic mass is 32.2. The number of aromatic nitrogens is 2. The molecule has 2 heterocycles. The molecule has 0 bridgehead atoms. The van der Waals surface area contributed by atoms with Gasteiger partial charge in [-0.1, -0.05) is 0 Å². The smallest absolute Gasteiger partial charge is 0.280 e. The van der Waals surface area contributed by atoms with Crippen LogP contribution < -0.4 is 10.0 Å². The first-order valence-corrected chi connectivity index (χ1v) is 13.7. The van der Waals surface area contributed by atoms with E-state index in [1.54, 1.807) is 32.5 Å². The van der Waals surface area contributed by atoms with Crippen LogP contribution in [0, 0.1) is 0 Å². The predicted molar refractivity (Wildman–Crippen MR) is 140 cm³/mol. The largest absolute Gasteiger partial charge is 0.478 e. The second-order valence-corrected chi connectivity index (χ2v) is 10.9. The number of anilines is 1. The summed E-state index contributed by atoms with van der Waals surface area (Å²) in [4.78, 5) is 30.6. The van der Waals surface area contributed by atoms with E-state index in [1.165, 1.54) is 12.4 Å². The lowest BCUT2D eigenvalue weighted by Gasteiger charge is -2.18. The number of ether oxygens (including phenoxy) is 2. The van der Waals surface area contributed by atoms with Gasteiger partial charge in [0.25, 0.3) is 5.91 Å². The maximum atomic E-state index is 13.1. The number of carbonyl (C=O) groups excluding carboxylic acids is 1. The molecule has 1 aliphatic rings. The number of amides is 1. The van der Waals surface area contributed by atoms with Crippen LogP contribution in [0.1, 0.15) is 52.6 Å².